The molecular formula is C26H25ClN6O4. The van der Waals surface area contributed by atoms with Crippen molar-refractivity contribution in [1.82, 2.24) is 24.8 Å². The average Bonchev–Trinajstić information content (AvgIpc) is 2.93. The molecule has 0 spiro atoms. The number of ether oxygens (including phenoxy) is 2. The van der Waals surface area contributed by atoms with Crippen molar-refractivity contribution in [2.75, 3.05) is 25.0 Å². The van der Waals surface area contributed by atoms with Crippen LogP contribution in [0.2, 0.25) is 5.02 Å². The maximum atomic E-state index is 11.7. The fourth-order valence-electron chi connectivity index (χ4n) is 4.11. The Morgan fingerprint density at radius 1 is 1.11 bits per heavy atom. The third kappa shape index (κ3) is 6.04. The second-order valence-corrected chi connectivity index (χ2v) is 8.92. The Hall–Kier alpha value is -4.02. The van der Waals surface area contributed by atoms with E-state index in [1.165, 1.54) is 6.33 Å². The van der Waals surface area contributed by atoms with Gasteiger partial charge in [-0.3, -0.25) is 14.8 Å². The number of likely N-dealkylation sites (tertiary alicyclic amines) is 1. The van der Waals surface area contributed by atoms with Gasteiger partial charge in [-0.25, -0.2) is 9.97 Å². The number of benzene rings is 2. The van der Waals surface area contributed by atoms with Gasteiger partial charge in [0.1, 0.15) is 43.0 Å². The lowest BCUT2D eigenvalue weighted by Gasteiger charge is -2.31. The van der Waals surface area contributed by atoms with Crippen LogP contribution >= 0.6 is 11.6 Å². The fourth-order valence-corrected chi connectivity index (χ4v) is 4.35. The summed E-state index contributed by atoms with van der Waals surface area (Å²) in [5, 5.41) is 13.6. The number of rotatable bonds is 8. The molecule has 0 aliphatic carbocycles. The van der Waals surface area contributed by atoms with Gasteiger partial charge >= 0.3 is 0 Å². The third-order valence-corrected chi connectivity index (χ3v) is 6.32. The molecule has 2 N–H and O–H groups in total. The number of carbonyl (C=O) groups excluding carboxylic acids is 1. The van der Waals surface area contributed by atoms with Gasteiger partial charge in [-0.15, -0.1) is 0 Å². The zero-order chi connectivity index (χ0) is 25.6. The highest BCUT2D eigenvalue weighted by molar-refractivity contribution is 6.32. The molecule has 190 valence electrons. The molecule has 0 radical (unpaired) electrons. The second-order valence-electron chi connectivity index (χ2n) is 8.51. The number of aliphatic hydroxyl groups is 1. The number of carbonyl (C=O) groups is 1. The van der Waals surface area contributed by atoms with Crippen molar-refractivity contribution in [3.8, 4) is 11.5 Å². The number of piperidine rings is 1. The van der Waals surface area contributed by atoms with Crippen LogP contribution in [-0.4, -0.2) is 61.6 Å². The highest BCUT2D eigenvalue weighted by atomic mass is 35.5. The Balaban J connectivity index is 1.27. The number of halogens is 1. The molecule has 37 heavy (non-hydrogen) atoms. The Morgan fingerprint density at radius 3 is 2.73 bits per heavy atom. The lowest BCUT2D eigenvalue weighted by Crippen LogP contribution is -2.42. The van der Waals surface area contributed by atoms with Crippen LogP contribution in [0.5, 0.6) is 11.5 Å². The standard InChI is InChI=1S/C26H25ClN6O4/c27-22-11-17(1-4-24(22)36-15-18-13-28-7-8-29-18)32-26-21-12-20(2-3-23(21)30-16-31-26)37-19-5-9-33(10-6-19)25(35)14-34/h1-4,7-8,11-13,16,19,34H,5-6,9-10,14-15H2,(H,30,31,32). The van der Waals surface area contributed by atoms with Crippen molar-refractivity contribution in [2.45, 2.75) is 25.6 Å². The molecule has 0 bridgehead atoms. The normalized spacial score (nSPS) is 13.9. The number of aromatic nitrogens is 4. The van der Waals surface area contributed by atoms with Gasteiger partial charge < -0.3 is 24.8 Å². The van der Waals surface area contributed by atoms with E-state index in [4.69, 9.17) is 26.2 Å². The number of hydrogen-bond acceptors (Lipinski definition) is 9. The topological polar surface area (TPSA) is 123 Å². The first-order valence-corrected chi connectivity index (χ1v) is 12.2. The summed E-state index contributed by atoms with van der Waals surface area (Å²) >= 11 is 6.46. The first-order chi connectivity index (χ1) is 18.1. The van der Waals surface area contributed by atoms with E-state index in [0.717, 1.165) is 16.6 Å². The minimum absolute atomic E-state index is 0.0190. The van der Waals surface area contributed by atoms with Crippen molar-refractivity contribution in [2.24, 2.45) is 0 Å². The highest BCUT2D eigenvalue weighted by Crippen LogP contribution is 2.32. The number of nitrogens with one attached hydrogen (secondary N) is 1. The minimum Gasteiger partial charge on any atom is -0.490 e. The number of hydrogen-bond donors (Lipinski definition) is 2. The molecular weight excluding hydrogens is 496 g/mol. The van der Waals surface area contributed by atoms with E-state index in [0.29, 0.717) is 54.0 Å². The molecule has 0 unspecified atom stereocenters. The highest BCUT2D eigenvalue weighted by Gasteiger charge is 2.23. The predicted molar refractivity (Wildman–Crippen MR) is 138 cm³/mol. The Morgan fingerprint density at radius 2 is 1.97 bits per heavy atom. The first-order valence-electron chi connectivity index (χ1n) is 11.8. The van der Waals surface area contributed by atoms with E-state index in [9.17, 15) is 4.79 Å². The minimum atomic E-state index is -0.462. The van der Waals surface area contributed by atoms with Gasteiger partial charge in [-0.1, -0.05) is 11.6 Å². The molecule has 2 aromatic heterocycles. The molecule has 10 nitrogen and oxygen atoms in total. The molecule has 4 aromatic rings. The smallest absolute Gasteiger partial charge is 0.248 e. The van der Waals surface area contributed by atoms with Crippen molar-refractivity contribution >= 4 is 39.9 Å². The lowest BCUT2D eigenvalue weighted by molar-refractivity contribution is -0.135. The molecule has 1 aliphatic rings. The summed E-state index contributed by atoms with van der Waals surface area (Å²) in [6.07, 6.45) is 7.74. The zero-order valence-corrected chi connectivity index (χ0v) is 20.6. The van der Waals surface area contributed by atoms with E-state index in [-0.39, 0.29) is 18.6 Å². The van der Waals surface area contributed by atoms with Gasteiger partial charge in [0, 0.05) is 49.4 Å². The fraction of sp³-hybridized carbons (Fsp3) is 0.269. The number of amides is 1. The Kier molecular flexibility index (Phi) is 7.57. The summed E-state index contributed by atoms with van der Waals surface area (Å²) in [6, 6.07) is 11.1. The van der Waals surface area contributed by atoms with Gasteiger partial charge in [0.05, 0.1) is 22.4 Å². The summed E-state index contributed by atoms with van der Waals surface area (Å²) in [6.45, 7) is 0.922. The van der Waals surface area contributed by atoms with Gasteiger partial charge in [-0.2, -0.15) is 0 Å². The molecule has 3 heterocycles. The number of nitrogens with zero attached hydrogens (tertiary/aromatic N) is 5. The summed E-state index contributed by atoms with van der Waals surface area (Å²) in [7, 11) is 0. The molecule has 0 atom stereocenters. The zero-order valence-electron chi connectivity index (χ0n) is 19.9. The lowest BCUT2D eigenvalue weighted by atomic mass is 10.1. The largest absolute Gasteiger partial charge is 0.490 e. The van der Waals surface area contributed by atoms with E-state index < -0.39 is 6.61 Å². The van der Waals surface area contributed by atoms with E-state index in [1.807, 2.05) is 24.3 Å². The third-order valence-electron chi connectivity index (χ3n) is 6.03. The van der Waals surface area contributed by atoms with Crippen molar-refractivity contribution in [1.29, 1.82) is 0 Å². The number of fused-ring (bicyclic) bond motifs is 1. The molecule has 1 fully saturated rings. The van der Waals surface area contributed by atoms with E-state index in [2.05, 4.69) is 25.3 Å². The predicted octanol–water partition coefficient (Wildman–Crippen LogP) is 3.76. The van der Waals surface area contributed by atoms with Crippen molar-refractivity contribution < 1.29 is 19.4 Å². The summed E-state index contributed by atoms with van der Waals surface area (Å²) < 4.78 is 12.0. The first kappa shape index (κ1) is 24.7. The molecule has 1 aliphatic heterocycles. The molecule has 11 heteroatoms. The van der Waals surface area contributed by atoms with Crippen LogP contribution < -0.4 is 14.8 Å². The molecule has 5 rings (SSSR count). The maximum absolute atomic E-state index is 11.7. The quantitative estimate of drug-likeness (QED) is 0.357. The van der Waals surface area contributed by atoms with Gasteiger partial charge in [0.25, 0.3) is 0 Å². The monoisotopic (exact) mass is 520 g/mol. The SMILES string of the molecule is O=C(CO)N1CCC(Oc2ccc3ncnc(Nc4ccc(OCc5cnccn5)c(Cl)c4)c3c2)CC1. The molecule has 1 saturated heterocycles. The van der Waals surface area contributed by atoms with Crippen LogP contribution in [-0.2, 0) is 11.4 Å². The Bertz CT molecular complexity index is 1380. The van der Waals surface area contributed by atoms with Gasteiger partial charge in [-0.05, 0) is 36.4 Å². The van der Waals surface area contributed by atoms with Gasteiger partial charge in [0.2, 0.25) is 5.91 Å². The van der Waals surface area contributed by atoms with Gasteiger partial charge in [0.15, 0.2) is 0 Å². The Labute approximate surface area is 218 Å². The number of anilines is 2. The summed E-state index contributed by atoms with van der Waals surface area (Å²) in [5.41, 5.74) is 2.21. The summed E-state index contributed by atoms with van der Waals surface area (Å²) in [5.74, 6) is 1.60. The second kappa shape index (κ2) is 11.4. The van der Waals surface area contributed by atoms with Crippen molar-refractivity contribution in [3.05, 3.63) is 72.0 Å². The van der Waals surface area contributed by atoms with Crippen LogP contribution in [0.1, 0.15) is 18.5 Å². The molecule has 1 amide bonds. The maximum Gasteiger partial charge on any atom is 0.248 e. The van der Waals surface area contributed by atoms with Crippen LogP contribution in [0.3, 0.4) is 0 Å². The average molecular weight is 521 g/mol. The van der Waals surface area contributed by atoms with Crippen LogP contribution in [0.25, 0.3) is 10.9 Å². The van der Waals surface area contributed by atoms with Crippen LogP contribution in [0.15, 0.2) is 61.3 Å². The van der Waals surface area contributed by atoms with E-state index in [1.54, 1.807) is 35.6 Å². The summed E-state index contributed by atoms with van der Waals surface area (Å²) in [4.78, 5) is 30.4. The van der Waals surface area contributed by atoms with Crippen LogP contribution in [0, 0.1) is 0 Å². The van der Waals surface area contributed by atoms with E-state index >= 15 is 0 Å². The van der Waals surface area contributed by atoms with Crippen LogP contribution in [0.4, 0.5) is 11.5 Å². The van der Waals surface area contributed by atoms with Crippen molar-refractivity contribution in [3.63, 3.8) is 0 Å². The number of aliphatic hydroxyl groups excluding tert-OH is 1. The molecule has 0 saturated carbocycles. The molecule has 2 aromatic carbocycles.